The number of nitrogens with zero attached hydrogens (tertiary/aromatic N) is 1. The number of aliphatic imine (C=N–C) groups is 1. The molecule has 0 aliphatic heterocycles. The molecule has 104 valence electrons. The van der Waals surface area contributed by atoms with Crippen molar-refractivity contribution in [1.82, 2.24) is 5.43 Å². The summed E-state index contributed by atoms with van der Waals surface area (Å²) in [5.74, 6) is 6.56. The van der Waals surface area contributed by atoms with Crippen molar-refractivity contribution in [3.8, 4) is 0 Å². The molecule has 0 aromatic heterocycles. The van der Waals surface area contributed by atoms with Gasteiger partial charge < -0.3 is 5.43 Å². The Hall–Kier alpha value is -1.35. The summed E-state index contributed by atoms with van der Waals surface area (Å²) in [7, 11) is 0. The molecule has 0 saturated heterocycles. The Balaban J connectivity index is 2.22. The molecule has 0 unspecified atom stereocenters. The van der Waals surface area contributed by atoms with Gasteiger partial charge in [0, 0.05) is 5.56 Å². The van der Waals surface area contributed by atoms with Crippen LogP contribution >= 0.6 is 0 Å². The molecule has 1 aromatic carbocycles. The van der Waals surface area contributed by atoms with E-state index in [1.165, 1.54) is 44.1 Å². The number of amidine groups is 1. The Morgan fingerprint density at radius 1 is 1.21 bits per heavy atom. The first-order valence-electron chi connectivity index (χ1n) is 7.47. The second-order valence-corrected chi connectivity index (χ2v) is 5.28. The van der Waals surface area contributed by atoms with Gasteiger partial charge in [0.25, 0.3) is 0 Å². The minimum atomic E-state index is 0.429. The summed E-state index contributed by atoms with van der Waals surface area (Å²) in [5.41, 5.74) is 5.26. The van der Waals surface area contributed by atoms with E-state index in [4.69, 9.17) is 10.8 Å². The fourth-order valence-corrected chi connectivity index (χ4v) is 2.81. The van der Waals surface area contributed by atoms with Gasteiger partial charge in [-0.1, -0.05) is 56.9 Å². The highest BCUT2D eigenvalue weighted by Gasteiger charge is 2.13. The smallest absolute Gasteiger partial charge is 0.143 e. The van der Waals surface area contributed by atoms with Crippen LogP contribution in [0.2, 0.25) is 0 Å². The molecule has 1 saturated carbocycles. The van der Waals surface area contributed by atoms with Crippen molar-refractivity contribution in [2.45, 2.75) is 57.9 Å². The van der Waals surface area contributed by atoms with Crippen molar-refractivity contribution < 1.29 is 0 Å². The van der Waals surface area contributed by atoms with E-state index in [1.807, 2.05) is 0 Å². The monoisotopic (exact) mass is 259 g/mol. The molecule has 1 aliphatic rings. The first-order chi connectivity index (χ1) is 9.35. The van der Waals surface area contributed by atoms with Crippen LogP contribution in [0.15, 0.2) is 29.3 Å². The molecule has 0 radical (unpaired) electrons. The van der Waals surface area contributed by atoms with Gasteiger partial charge in [-0.3, -0.25) is 4.99 Å². The third kappa shape index (κ3) is 3.80. The molecule has 0 atom stereocenters. The van der Waals surface area contributed by atoms with E-state index in [0.717, 1.165) is 17.8 Å². The van der Waals surface area contributed by atoms with Gasteiger partial charge in [0.2, 0.25) is 0 Å². The van der Waals surface area contributed by atoms with Crippen LogP contribution in [-0.4, -0.2) is 11.9 Å². The molecular formula is C16H25N3. The van der Waals surface area contributed by atoms with E-state index in [-0.39, 0.29) is 0 Å². The Morgan fingerprint density at radius 3 is 2.53 bits per heavy atom. The Kier molecular flexibility index (Phi) is 5.40. The Labute approximate surface area is 116 Å². The lowest BCUT2D eigenvalue weighted by Crippen LogP contribution is -2.33. The highest BCUT2D eigenvalue weighted by molar-refractivity contribution is 5.99. The Bertz CT molecular complexity index is 418. The fraction of sp³-hybridized carbons (Fsp3) is 0.562. The molecule has 0 bridgehead atoms. The second-order valence-electron chi connectivity index (χ2n) is 5.28. The number of nitrogens with two attached hydrogens (primary N) is 1. The number of rotatable bonds is 3. The topological polar surface area (TPSA) is 50.4 Å². The van der Waals surface area contributed by atoms with Crippen molar-refractivity contribution in [2.24, 2.45) is 10.8 Å². The number of nitrogens with one attached hydrogen (secondary N) is 1. The molecule has 3 N–H and O–H groups in total. The molecule has 2 rings (SSSR count). The standard InChI is InChI=1S/C16H25N3/c1-2-13-9-7-8-12-15(13)16(19-17)18-14-10-5-3-4-6-11-14/h7-9,12,14H,2-6,10-11,17H2,1H3,(H,18,19). The number of hydrogen-bond acceptors (Lipinski definition) is 2. The minimum absolute atomic E-state index is 0.429. The summed E-state index contributed by atoms with van der Waals surface area (Å²) >= 11 is 0. The normalized spacial score (nSPS) is 18.1. The van der Waals surface area contributed by atoms with Gasteiger partial charge in [-0.25, -0.2) is 5.84 Å². The summed E-state index contributed by atoms with van der Waals surface area (Å²) in [6.07, 6.45) is 8.68. The summed E-state index contributed by atoms with van der Waals surface area (Å²) < 4.78 is 0. The first-order valence-corrected chi connectivity index (χ1v) is 7.47. The molecule has 3 nitrogen and oxygen atoms in total. The zero-order chi connectivity index (χ0) is 13.5. The Morgan fingerprint density at radius 2 is 1.89 bits per heavy atom. The average molecular weight is 259 g/mol. The lowest BCUT2D eigenvalue weighted by molar-refractivity contribution is 0.583. The SMILES string of the molecule is CCc1ccccc1C(=NC1CCCCCC1)NN. The van der Waals surface area contributed by atoms with Gasteiger partial charge in [0.15, 0.2) is 0 Å². The molecule has 0 heterocycles. The summed E-state index contributed by atoms with van der Waals surface area (Å²) in [5, 5.41) is 0. The van der Waals surface area contributed by atoms with Crippen molar-refractivity contribution in [1.29, 1.82) is 0 Å². The molecule has 1 aromatic rings. The van der Waals surface area contributed by atoms with Gasteiger partial charge in [-0.05, 0) is 24.8 Å². The molecule has 3 heteroatoms. The molecule has 1 fully saturated rings. The average Bonchev–Trinajstić information content (AvgIpc) is 2.73. The summed E-state index contributed by atoms with van der Waals surface area (Å²) in [4.78, 5) is 4.87. The maximum atomic E-state index is 5.70. The first kappa shape index (κ1) is 14.1. The van der Waals surface area contributed by atoms with Crippen molar-refractivity contribution in [3.63, 3.8) is 0 Å². The van der Waals surface area contributed by atoms with Gasteiger partial charge in [0.05, 0.1) is 6.04 Å². The zero-order valence-electron chi connectivity index (χ0n) is 11.9. The van der Waals surface area contributed by atoms with Crippen LogP contribution in [0.25, 0.3) is 0 Å². The maximum Gasteiger partial charge on any atom is 0.143 e. The van der Waals surface area contributed by atoms with E-state index >= 15 is 0 Å². The van der Waals surface area contributed by atoms with Crippen LogP contribution in [0.4, 0.5) is 0 Å². The van der Waals surface area contributed by atoms with Crippen molar-refractivity contribution in [3.05, 3.63) is 35.4 Å². The van der Waals surface area contributed by atoms with E-state index in [2.05, 4.69) is 36.6 Å². The van der Waals surface area contributed by atoms with Crippen molar-refractivity contribution >= 4 is 5.84 Å². The third-order valence-electron chi connectivity index (χ3n) is 3.93. The van der Waals surface area contributed by atoms with Crippen LogP contribution in [-0.2, 0) is 6.42 Å². The highest BCUT2D eigenvalue weighted by Crippen LogP contribution is 2.21. The quantitative estimate of drug-likeness (QED) is 0.288. The molecular weight excluding hydrogens is 234 g/mol. The summed E-state index contributed by atoms with van der Waals surface area (Å²) in [6.45, 7) is 2.17. The summed E-state index contributed by atoms with van der Waals surface area (Å²) in [6, 6.07) is 8.80. The lowest BCUT2D eigenvalue weighted by atomic mass is 10.0. The second kappa shape index (κ2) is 7.29. The minimum Gasteiger partial charge on any atom is -0.308 e. The van der Waals surface area contributed by atoms with Crippen LogP contribution < -0.4 is 11.3 Å². The van der Waals surface area contributed by atoms with Crippen LogP contribution in [0.5, 0.6) is 0 Å². The van der Waals surface area contributed by atoms with Gasteiger partial charge >= 0.3 is 0 Å². The highest BCUT2D eigenvalue weighted by atomic mass is 15.3. The van der Waals surface area contributed by atoms with E-state index in [9.17, 15) is 0 Å². The molecule has 19 heavy (non-hydrogen) atoms. The van der Waals surface area contributed by atoms with E-state index in [0.29, 0.717) is 6.04 Å². The van der Waals surface area contributed by atoms with Crippen LogP contribution in [0.1, 0.15) is 56.6 Å². The number of hydrogen-bond donors (Lipinski definition) is 2. The van der Waals surface area contributed by atoms with Crippen LogP contribution in [0, 0.1) is 0 Å². The molecule has 0 amide bonds. The predicted octanol–water partition coefficient (Wildman–Crippen LogP) is 3.18. The number of benzene rings is 1. The van der Waals surface area contributed by atoms with Crippen LogP contribution in [0.3, 0.4) is 0 Å². The number of aryl methyl sites for hydroxylation is 1. The molecule has 0 spiro atoms. The molecule has 1 aliphatic carbocycles. The third-order valence-corrected chi connectivity index (χ3v) is 3.93. The van der Waals surface area contributed by atoms with Gasteiger partial charge in [0.1, 0.15) is 5.84 Å². The van der Waals surface area contributed by atoms with Gasteiger partial charge in [-0.15, -0.1) is 0 Å². The predicted molar refractivity (Wildman–Crippen MR) is 81.2 cm³/mol. The zero-order valence-corrected chi connectivity index (χ0v) is 11.9. The largest absolute Gasteiger partial charge is 0.308 e. The number of hydrazine groups is 1. The lowest BCUT2D eigenvalue weighted by Gasteiger charge is -2.15. The fourth-order valence-electron chi connectivity index (χ4n) is 2.81. The van der Waals surface area contributed by atoms with E-state index in [1.54, 1.807) is 0 Å². The van der Waals surface area contributed by atoms with E-state index < -0.39 is 0 Å². The van der Waals surface area contributed by atoms with Gasteiger partial charge in [-0.2, -0.15) is 0 Å². The maximum absolute atomic E-state index is 5.70. The van der Waals surface area contributed by atoms with Crippen molar-refractivity contribution in [2.75, 3.05) is 0 Å².